The van der Waals surface area contributed by atoms with Crippen LogP contribution in [0, 0.1) is 12.8 Å². The first-order valence-corrected chi connectivity index (χ1v) is 7.41. The van der Waals surface area contributed by atoms with Crippen LogP contribution in [0.25, 0.3) is 0 Å². The molecule has 122 valence electrons. The largest absolute Gasteiger partial charge is 0.357 e. The lowest BCUT2D eigenvalue weighted by Gasteiger charge is -2.11. The van der Waals surface area contributed by atoms with E-state index in [0.29, 0.717) is 6.54 Å². The minimum atomic E-state index is 0. The maximum atomic E-state index is 4.55. The standard InChI is InChI=1S/C14H28N6.HI/c1-6-15-14(16-9-7-8-11(2)3)17-10-13-19-18-12(4)20(13)5;/h11H,6-10H2,1-5H3,(H2,15,16,17);1H. The Labute approximate surface area is 145 Å². The molecule has 0 amide bonds. The van der Waals surface area contributed by atoms with E-state index in [1.165, 1.54) is 6.42 Å². The Kier molecular flexibility index (Phi) is 10.4. The van der Waals surface area contributed by atoms with Crippen molar-refractivity contribution < 1.29 is 0 Å². The molecule has 0 aliphatic carbocycles. The summed E-state index contributed by atoms with van der Waals surface area (Å²) in [5, 5.41) is 14.8. The predicted octanol–water partition coefficient (Wildman–Crippen LogP) is 2.23. The summed E-state index contributed by atoms with van der Waals surface area (Å²) in [6.45, 7) is 10.8. The Bertz CT molecular complexity index is 427. The van der Waals surface area contributed by atoms with Gasteiger partial charge in [0.05, 0.1) is 0 Å². The quantitative estimate of drug-likeness (QED) is 0.314. The van der Waals surface area contributed by atoms with Crippen molar-refractivity contribution in [3.63, 3.8) is 0 Å². The summed E-state index contributed by atoms with van der Waals surface area (Å²) in [7, 11) is 1.96. The van der Waals surface area contributed by atoms with Crippen molar-refractivity contribution in [2.45, 2.75) is 47.1 Å². The molecular weight excluding hydrogens is 379 g/mol. The Morgan fingerprint density at radius 2 is 2.00 bits per heavy atom. The van der Waals surface area contributed by atoms with E-state index in [1.54, 1.807) is 0 Å². The molecule has 0 spiro atoms. The summed E-state index contributed by atoms with van der Waals surface area (Å²) in [6, 6.07) is 0. The molecule has 0 saturated carbocycles. The van der Waals surface area contributed by atoms with Crippen LogP contribution in [0.1, 0.15) is 45.3 Å². The second-order valence-electron chi connectivity index (χ2n) is 5.38. The zero-order valence-electron chi connectivity index (χ0n) is 13.8. The maximum absolute atomic E-state index is 4.55. The monoisotopic (exact) mass is 408 g/mol. The second-order valence-corrected chi connectivity index (χ2v) is 5.38. The van der Waals surface area contributed by atoms with Crippen molar-refractivity contribution in [3.05, 3.63) is 11.6 Å². The van der Waals surface area contributed by atoms with Crippen LogP contribution in [-0.2, 0) is 13.6 Å². The van der Waals surface area contributed by atoms with Gasteiger partial charge in [0.25, 0.3) is 0 Å². The van der Waals surface area contributed by atoms with Crippen molar-refractivity contribution in [1.29, 1.82) is 0 Å². The Balaban J connectivity index is 0.00000400. The molecule has 21 heavy (non-hydrogen) atoms. The van der Waals surface area contributed by atoms with Gasteiger partial charge in [-0.15, -0.1) is 34.2 Å². The lowest BCUT2D eigenvalue weighted by atomic mass is 10.1. The SMILES string of the molecule is CCNC(=NCc1nnc(C)n1C)NCCCC(C)C.I. The van der Waals surface area contributed by atoms with Crippen LogP contribution in [0.4, 0.5) is 0 Å². The number of guanidine groups is 1. The molecule has 6 nitrogen and oxygen atoms in total. The normalized spacial score (nSPS) is 11.4. The van der Waals surface area contributed by atoms with Gasteiger partial charge in [0, 0.05) is 20.1 Å². The molecule has 0 aromatic carbocycles. The number of aliphatic imine (C=N–C) groups is 1. The van der Waals surface area contributed by atoms with E-state index in [-0.39, 0.29) is 24.0 Å². The second kappa shape index (κ2) is 10.8. The number of hydrogen-bond acceptors (Lipinski definition) is 3. The molecule has 1 aromatic rings. The van der Waals surface area contributed by atoms with Gasteiger partial charge in [-0.2, -0.15) is 0 Å². The Morgan fingerprint density at radius 1 is 1.29 bits per heavy atom. The highest BCUT2D eigenvalue weighted by Crippen LogP contribution is 2.02. The number of halogens is 1. The van der Waals surface area contributed by atoms with Gasteiger partial charge in [0.2, 0.25) is 0 Å². The van der Waals surface area contributed by atoms with E-state index in [2.05, 4.69) is 46.6 Å². The fourth-order valence-electron chi connectivity index (χ4n) is 1.80. The molecule has 0 bridgehead atoms. The van der Waals surface area contributed by atoms with Crippen LogP contribution in [0.15, 0.2) is 4.99 Å². The van der Waals surface area contributed by atoms with E-state index in [4.69, 9.17) is 0 Å². The summed E-state index contributed by atoms with van der Waals surface area (Å²) in [5.41, 5.74) is 0. The minimum Gasteiger partial charge on any atom is -0.357 e. The van der Waals surface area contributed by atoms with E-state index >= 15 is 0 Å². The molecule has 1 rings (SSSR count). The predicted molar refractivity (Wildman–Crippen MR) is 98.0 cm³/mol. The molecule has 0 saturated heterocycles. The first kappa shape index (κ1) is 20.1. The van der Waals surface area contributed by atoms with Crippen molar-refractivity contribution in [3.8, 4) is 0 Å². The van der Waals surface area contributed by atoms with E-state index in [1.807, 2.05) is 18.5 Å². The van der Waals surface area contributed by atoms with Crippen molar-refractivity contribution in [1.82, 2.24) is 25.4 Å². The molecule has 0 aliphatic rings. The molecule has 0 atom stereocenters. The van der Waals surface area contributed by atoms with Crippen molar-refractivity contribution in [2.24, 2.45) is 18.0 Å². The Morgan fingerprint density at radius 3 is 2.52 bits per heavy atom. The van der Waals surface area contributed by atoms with E-state index in [9.17, 15) is 0 Å². The number of nitrogens with one attached hydrogen (secondary N) is 2. The molecule has 1 aromatic heterocycles. The molecule has 0 fully saturated rings. The van der Waals surface area contributed by atoms with Crippen LogP contribution in [0.3, 0.4) is 0 Å². The molecule has 0 unspecified atom stereocenters. The van der Waals surface area contributed by atoms with Gasteiger partial charge in [0.1, 0.15) is 12.4 Å². The third kappa shape index (κ3) is 7.63. The smallest absolute Gasteiger partial charge is 0.191 e. The minimum absolute atomic E-state index is 0. The van der Waals surface area contributed by atoms with Gasteiger partial charge in [-0.1, -0.05) is 13.8 Å². The molecule has 2 N–H and O–H groups in total. The molecular formula is C14H29IN6. The highest BCUT2D eigenvalue weighted by molar-refractivity contribution is 14.0. The topological polar surface area (TPSA) is 67.1 Å². The van der Waals surface area contributed by atoms with E-state index < -0.39 is 0 Å². The lowest BCUT2D eigenvalue weighted by Crippen LogP contribution is -2.37. The highest BCUT2D eigenvalue weighted by Gasteiger charge is 2.04. The van der Waals surface area contributed by atoms with Crippen LogP contribution in [0.5, 0.6) is 0 Å². The van der Waals surface area contributed by atoms with Crippen LogP contribution < -0.4 is 10.6 Å². The zero-order valence-corrected chi connectivity index (χ0v) is 16.1. The summed E-state index contributed by atoms with van der Waals surface area (Å²) in [5.74, 6) is 3.38. The lowest BCUT2D eigenvalue weighted by molar-refractivity contribution is 0.549. The van der Waals surface area contributed by atoms with Gasteiger partial charge >= 0.3 is 0 Å². The van der Waals surface area contributed by atoms with Crippen molar-refractivity contribution >= 4 is 29.9 Å². The zero-order chi connectivity index (χ0) is 15.0. The van der Waals surface area contributed by atoms with Gasteiger partial charge in [-0.25, -0.2) is 4.99 Å². The summed E-state index contributed by atoms with van der Waals surface area (Å²) >= 11 is 0. The van der Waals surface area contributed by atoms with Crippen LogP contribution >= 0.6 is 24.0 Å². The molecule has 0 aliphatic heterocycles. The van der Waals surface area contributed by atoms with Gasteiger partial charge in [-0.3, -0.25) is 0 Å². The maximum Gasteiger partial charge on any atom is 0.191 e. The van der Waals surface area contributed by atoms with Gasteiger partial charge < -0.3 is 15.2 Å². The number of rotatable bonds is 7. The Hall–Kier alpha value is -0.860. The van der Waals surface area contributed by atoms with Crippen LogP contribution in [0.2, 0.25) is 0 Å². The molecule has 1 heterocycles. The third-order valence-electron chi connectivity index (χ3n) is 3.16. The third-order valence-corrected chi connectivity index (χ3v) is 3.16. The first-order valence-electron chi connectivity index (χ1n) is 7.41. The average molecular weight is 408 g/mol. The summed E-state index contributed by atoms with van der Waals surface area (Å²) in [6.07, 6.45) is 2.39. The highest BCUT2D eigenvalue weighted by atomic mass is 127. The van der Waals surface area contributed by atoms with Gasteiger partial charge in [0.15, 0.2) is 11.8 Å². The summed E-state index contributed by atoms with van der Waals surface area (Å²) in [4.78, 5) is 4.55. The molecule has 7 heteroatoms. The van der Waals surface area contributed by atoms with Crippen molar-refractivity contribution in [2.75, 3.05) is 13.1 Å². The fourth-order valence-corrected chi connectivity index (χ4v) is 1.80. The number of aryl methyl sites for hydroxylation is 1. The summed E-state index contributed by atoms with van der Waals surface area (Å²) < 4.78 is 1.96. The van der Waals surface area contributed by atoms with Gasteiger partial charge in [-0.05, 0) is 32.6 Å². The number of hydrogen-bond donors (Lipinski definition) is 2. The van der Waals surface area contributed by atoms with Crippen LogP contribution in [-0.4, -0.2) is 33.8 Å². The number of aromatic nitrogens is 3. The average Bonchev–Trinajstić information content (AvgIpc) is 2.72. The number of nitrogens with zero attached hydrogens (tertiary/aromatic N) is 4. The molecule has 0 radical (unpaired) electrons. The fraction of sp³-hybridized carbons (Fsp3) is 0.786. The first-order chi connectivity index (χ1) is 9.54. The van der Waals surface area contributed by atoms with E-state index in [0.717, 1.165) is 43.0 Å².